The highest BCUT2D eigenvalue weighted by Crippen LogP contribution is 2.02. The highest BCUT2D eigenvalue weighted by Gasteiger charge is 2.16. The fourth-order valence-electron chi connectivity index (χ4n) is 0.615. The number of hydrogen-bond donors (Lipinski definition) is 2. The van der Waals surface area contributed by atoms with Crippen molar-refractivity contribution >= 4 is 24.2 Å². The smallest absolute Gasteiger partial charge is 0.423 e. The molecule has 0 bridgehead atoms. The van der Waals surface area contributed by atoms with Crippen molar-refractivity contribution in [2.45, 2.75) is 0 Å². The van der Waals surface area contributed by atoms with Gasteiger partial charge >= 0.3 is 7.12 Å². The molecule has 0 aromatic carbocycles. The second-order valence-corrected chi connectivity index (χ2v) is 2.27. The van der Waals surface area contributed by atoms with E-state index in [2.05, 4.69) is 4.98 Å². The summed E-state index contributed by atoms with van der Waals surface area (Å²) in [6.07, 6.45) is 0. The molecule has 58 valence electrons. The van der Waals surface area contributed by atoms with Gasteiger partial charge in [-0.05, 0) is 6.07 Å². The van der Waals surface area contributed by atoms with E-state index in [0.717, 1.165) is 6.07 Å². The zero-order chi connectivity index (χ0) is 8.43. The highest BCUT2D eigenvalue weighted by atomic mass is 35.5. The number of halogens is 2. The molecular weight excluding hydrogens is 171 g/mol. The van der Waals surface area contributed by atoms with Crippen LogP contribution in [0, 0.1) is 5.95 Å². The summed E-state index contributed by atoms with van der Waals surface area (Å²) < 4.78 is 12.6. The summed E-state index contributed by atoms with van der Waals surface area (Å²) in [4.78, 5) is 3.17. The Bertz CT molecular complexity index is 271. The molecule has 0 aliphatic carbocycles. The molecule has 0 radical (unpaired) electrons. The molecule has 3 nitrogen and oxygen atoms in total. The van der Waals surface area contributed by atoms with Gasteiger partial charge in [-0.15, -0.1) is 0 Å². The highest BCUT2D eigenvalue weighted by molar-refractivity contribution is 6.58. The van der Waals surface area contributed by atoms with Crippen LogP contribution in [0.4, 0.5) is 4.39 Å². The summed E-state index contributed by atoms with van der Waals surface area (Å²) >= 11 is 5.31. The molecule has 11 heavy (non-hydrogen) atoms. The van der Waals surface area contributed by atoms with Crippen LogP contribution in [0.5, 0.6) is 0 Å². The van der Waals surface area contributed by atoms with E-state index in [1.54, 1.807) is 0 Å². The first kappa shape index (κ1) is 8.45. The standard InChI is InChI=1S/C5H4BClFNO2/c7-4-2-1-3(6(10)11)5(8)9-4/h1-2,10-11H. The van der Waals surface area contributed by atoms with Crippen LogP contribution in [0.15, 0.2) is 12.1 Å². The van der Waals surface area contributed by atoms with Crippen LogP contribution in [-0.4, -0.2) is 22.2 Å². The van der Waals surface area contributed by atoms with E-state index in [1.807, 2.05) is 0 Å². The Morgan fingerprint density at radius 1 is 1.45 bits per heavy atom. The molecule has 0 aliphatic rings. The molecule has 0 amide bonds. The third kappa shape index (κ3) is 1.89. The van der Waals surface area contributed by atoms with Crippen LogP contribution >= 0.6 is 11.6 Å². The summed E-state index contributed by atoms with van der Waals surface area (Å²) in [5, 5.41) is 17.0. The molecule has 0 fully saturated rings. The van der Waals surface area contributed by atoms with E-state index >= 15 is 0 Å². The van der Waals surface area contributed by atoms with Gasteiger partial charge < -0.3 is 10.0 Å². The fourth-order valence-corrected chi connectivity index (χ4v) is 0.753. The molecule has 0 spiro atoms. The van der Waals surface area contributed by atoms with Crippen molar-refractivity contribution in [1.82, 2.24) is 4.98 Å². The van der Waals surface area contributed by atoms with Gasteiger partial charge in [-0.2, -0.15) is 4.39 Å². The average molecular weight is 175 g/mol. The van der Waals surface area contributed by atoms with E-state index in [9.17, 15) is 4.39 Å². The minimum Gasteiger partial charge on any atom is -0.423 e. The molecule has 1 aromatic heterocycles. The maximum Gasteiger partial charge on any atom is 0.493 e. The average Bonchev–Trinajstić information content (AvgIpc) is 1.85. The number of rotatable bonds is 1. The predicted molar refractivity (Wildman–Crippen MR) is 39.0 cm³/mol. The number of hydrogen-bond acceptors (Lipinski definition) is 3. The fraction of sp³-hybridized carbons (Fsp3) is 0. The molecule has 0 saturated carbocycles. The monoisotopic (exact) mass is 175 g/mol. The molecule has 0 atom stereocenters. The van der Waals surface area contributed by atoms with E-state index in [-0.39, 0.29) is 10.6 Å². The van der Waals surface area contributed by atoms with Crippen molar-refractivity contribution in [3.05, 3.63) is 23.2 Å². The molecule has 1 aromatic rings. The van der Waals surface area contributed by atoms with E-state index in [0.29, 0.717) is 0 Å². The molecule has 2 N–H and O–H groups in total. The lowest BCUT2D eigenvalue weighted by molar-refractivity contribution is 0.422. The van der Waals surface area contributed by atoms with Gasteiger partial charge in [-0.3, -0.25) is 0 Å². The second-order valence-electron chi connectivity index (χ2n) is 1.89. The molecule has 1 rings (SSSR count). The van der Waals surface area contributed by atoms with Crippen molar-refractivity contribution < 1.29 is 14.4 Å². The second kappa shape index (κ2) is 3.17. The Hall–Kier alpha value is -0.645. The first-order chi connectivity index (χ1) is 5.11. The summed E-state index contributed by atoms with van der Waals surface area (Å²) in [5.41, 5.74) is -0.283. The van der Waals surface area contributed by atoms with Crippen LogP contribution in [0.2, 0.25) is 5.15 Å². The Balaban J connectivity index is 3.09. The first-order valence-electron chi connectivity index (χ1n) is 2.79. The lowest BCUT2D eigenvalue weighted by atomic mass is 9.81. The Kier molecular flexibility index (Phi) is 2.43. The minimum atomic E-state index is -1.85. The maximum absolute atomic E-state index is 12.6. The van der Waals surface area contributed by atoms with E-state index in [4.69, 9.17) is 21.6 Å². The Labute approximate surface area is 67.6 Å². The minimum absolute atomic E-state index is 0.0214. The zero-order valence-corrected chi connectivity index (χ0v) is 6.09. The van der Waals surface area contributed by atoms with Gasteiger partial charge in [-0.25, -0.2) is 4.98 Å². The Morgan fingerprint density at radius 3 is 2.55 bits per heavy atom. The topological polar surface area (TPSA) is 53.4 Å². The first-order valence-corrected chi connectivity index (χ1v) is 3.17. The third-order valence-corrected chi connectivity index (χ3v) is 1.33. The molecule has 0 unspecified atom stereocenters. The predicted octanol–water partition coefficient (Wildman–Crippen LogP) is -0.446. The van der Waals surface area contributed by atoms with Gasteiger partial charge in [0.1, 0.15) is 5.15 Å². The van der Waals surface area contributed by atoms with Crippen molar-refractivity contribution in [2.24, 2.45) is 0 Å². The van der Waals surface area contributed by atoms with Gasteiger partial charge in [0.15, 0.2) is 0 Å². The molecular formula is C5H4BClFNO2. The molecule has 6 heteroatoms. The SMILES string of the molecule is OB(O)c1ccc(Cl)nc1F. The van der Waals surface area contributed by atoms with Gasteiger partial charge in [0, 0.05) is 5.46 Å². The van der Waals surface area contributed by atoms with Crippen molar-refractivity contribution in [3.63, 3.8) is 0 Å². The van der Waals surface area contributed by atoms with Crippen LogP contribution in [0.1, 0.15) is 0 Å². The van der Waals surface area contributed by atoms with Crippen LogP contribution in [0.25, 0.3) is 0 Å². The summed E-state index contributed by atoms with van der Waals surface area (Å²) in [5.74, 6) is -0.965. The van der Waals surface area contributed by atoms with Crippen molar-refractivity contribution in [2.75, 3.05) is 0 Å². The van der Waals surface area contributed by atoms with E-state index in [1.165, 1.54) is 6.07 Å². The van der Waals surface area contributed by atoms with E-state index < -0.39 is 13.1 Å². The van der Waals surface area contributed by atoms with Crippen LogP contribution in [-0.2, 0) is 0 Å². The summed E-state index contributed by atoms with van der Waals surface area (Å²) in [6, 6.07) is 2.44. The molecule has 0 aliphatic heterocycles. The van der Waals surface area contributed by atoms with Gasteiger partial charge in [-0.1, -0.05) is 17.7 Å². The lowest BCUT2D eigenvalue weighted by Crippen LogP contribution is -2.33. The lowest BCUT2D eigenvalue weighted by Gasteiger charge is -1.98. The zero-order valence-electron chi connectivity index (χ0n) is 5.33. The maximum atomic E-state index is 12.6. The largest absolute Gasteiger partial charge is 0.493 e. The summed E-state index contributed by atoms with van der Waals surface area (Å²) in [7, 11) is -1.85. The number of aromatic nitrogens is 1. The van der Waals surface area contributed by atoms with Crippen LogP contribution < -0.4 is 5.46 Å². The number of pyridine rings is 1. The number of nitrogens with zero attached hydrogens (tertiary/aromatic N) is 1. The molecule has 0 saturated heterocycles. The third-order valence-electron chi connectivity index (χ3n) is 1.12. The van der Waals surface area contributed by atoms with Crippen LogP contribution in [0.3, 0.4) is 0 Å². The summed E-state index contributed by atoms with van der Waals surface area (Å²) in [6.45, 7) is 0. The normalized spacial score (nSPS) is 9.82. The molecule has 1 heterocycles. The van der Waals surface area contributed by atoms with Gasteiger partial charge in [0.05, 0.1) is 0 Å². The van der Waals surface area contributed by atoms with Gasteiger partial charge in [0.2, 0.25) is 5.95 Å². The van der Waals surface area contributed by atoms with Crippen molar-refractivity contribution in [1.29, 1.82) is 0 Å². The van der Waals surface area contributed by atoms with Crippen molar-refractivity contribution in [3.8, 4) is 0 Å². The quantitative estimate of drug-likeness (QED) is 0.449. The Morgan fingerprint density at radius 2 is 2.09 bits per heavy atom. The van der Waals surface area contributed by atoms with Gasteiger partial charge in [0.25, 0.3) is 0 Å².